The van der Waals surface area contributed by atoms with Gasteiger partial charge in [-0.05, 0) is 12.1 Å². The zero-order valence-corrected chi connectivity index (χ0v) is 24.0. The Morgan fingerprint density at radius 1 is 1.26 bits per heavy atom. The number of aliphatic imine (C=N–C) groups is 1. The second kappa shape index (κ2) is 11.5. The van der Waals surface area contributed by atoms with Crippen LogP contribution < -0.4 is 9.04 Å². The van der Waals surface area contributed by atoms with Gasteiger partial charge in [0.05, 0.1) is 35.3 Å². The molecule has 5 rings (SSSR count). The van der Waals surface area contributed by atoms with E-state index < -0.39 is 16.3 Å². The van der Waals surface area contributed by atoms with Gasteiger partial charge >= 0.3 is 0 Å². The molecule has 1 saturated heterocycles. The fraction of sp³-hybridized carbons (Fsp3) is 0.500. The number of benzene rings is 1. The SMILES string of the molecule is COCCOc1cc(N(C)S(=O)(=O)c2nccn2C)c2[nH]c(C3=NCC(C(O)N4CCSCC4)S3)cc2c1. The molecule has 4 heterocycles. The van der Waals surface area contributed by atoms with Crippen molar-refractivity contribution in [2.75, 3.05) is 62.8 Å². The number of aliphatic hydroxyl groups excluding tert-OH is 1. The third-order valence-electron chi connectivity index (χ3n) is 6.61. The van der Waals surface area contributed by atoms with Crippen molar-refractivity contribution in [2.45, 2.75) is 16.6 Å². The summed E-state index contributed by atoms with van der Waals surface area (Å²) in [7, 11) is 0.795. The van der Waals surface area contributed by atoms with Gasteiger partial charge in [0.25, 0.3) is 10.0 Å². The predicted molar refractivity (Wildman–Crippen MR) is 152 cm³/mol. The van der Waals surface area contributed by atoms with Crippen molar-refractivity contribution in [1.82, 2.24) is 19.4 Å². The highest BCUT2D eigenvalue weighted by molar-refractivity contribution is 8.15. The van der Waals surface area contributed by atoms with Crippen LogP contribution in [0.5, 0.6) is 5.75 Å². The summed E-state index contributed by atoms with van der Waals surface area (Å²) >= 11 is 3.46. The number of H-pyrrole nitrogens is 1. The van der Waals surface area contributed by atoms with Crippen LogP contribution in [0.3, 0.4) is 0 Å². The Labute approximate surface area is 230 Å². The maximum absolute atomic E-state index is 13.5. The van der Waals surface area contributed by atoms with Crippen molar-refractivity contribution in [2.24, 2.45) is 12.0 Å². The number of aryl methyl sites for hydroxylation is 1. The number of aromatic nitrogens is 3. The van der Waals surface area contributed by atoms with E-state index in [1.54, 1.807) is 38.2 Å². The lowest BCUT2D eigenvalue weighted by Gasteiger charge is -2.33. The van der Waals surface area contributed by atoms with Gasteiger partial charge in [-0.3, -0.25) is 14.2 Å². The molecule has 0 bridgehead atoms. The minimum atomic E-state index is -3.95. The van der Waals surface area contributed by atoms with Crippen LogP contribution >= 0.6 is 23.5 Å². The maximum atomic E-state index is 13.5. The van der Waals surface area contributed by atoms with E-state index in [-0.39, 0.29) is 10.4 Å². The van der Waals surface area contributed by atoms with Crippen molar-refractivity contribution < 1.29 is 23.0 Å². The number of thioether (sulfide) groups is 2. The largest absolute Gasteiger partial charge is 0.491 e. The van der Waals surface area contributed by atoms with E-state index in [0.717, 1.165) is 40.7 Å². The minimum absolute atomic E-state index is 0.0570. The molecule has 14 heteroatoms. The first kappa shape index (κ1) is 27.3. The van der Waals surface area contributed by atoms with Crippen molar-refractivity contribution in [1.29, 1.82) is 0 Å². The zero-order chi connectivity index (χ0) is 26.9. The highest BCUT2D eigenvalue weighted by Crippen LogP contribution is 2.37. The Balaban J connectivity index is 1.46. The first-order chi connectivity index (χ1) is 18.3. The number of imidazole rings is 1. The molecule has 0 saturated carbocycles. The molecular formula is C24H32N6O5S3. The Hall–Kier alpha value is -2.23. The van der Waals surface area contributed by atoms with Crippen LogP contribution in [0.25, 0.3) is 10.9 Å². The number of nitrogens with zero attached hydrogens (tertiary/aromatic N) is 5. The summed E-state index contributed by atoms with van der Waals surface area (Å²) in [5.74, 6) is 2.57. The molecule has 0 spiro atoms. The number of sulfonamides is 1. The number of ether oxygens (including phenoxy) is 2. The molecule has 0 aliphatic carbocycles. The molecule has 2 atom stereocenters. The second-order valence-corrected chi connectivity index (χ2v) is 13.4. The topological polar surface area (TPSA) is 125 Å². The van der Waals surface area contributed by atoms with Crippen LogP contribution in [-0.4, -0.2) is 108 Å². The van der Waals surface area contributed by atoms with Gasteiger partial charge in [-0.1, -0.05) is 11.8 Å². The van der Waals surface area contributed by atoms with E-state index in [0.29, 0.717) is 36.7 Å². The number of anilines is 1. The van der Waals surface area contributed by atoms with Crippen LogP contribution in [0, 0.1) is 0 Å². The van der Waals surface area contributed by atoms with Crippen LogP contribution in [0.1, 0.15) is 5.69 Å². The molecule has 3 aromatic rings. The maximum Gasteiger partial charge on any atom is 0.298 e. The summed E-state index contributed by atoms with van der Waals surface area (Å²) in [6, 6.07) is 5.51. The molecule has 1 fully saturated rings. The quantitative estimate of drug-likeness (QED) is 0.346. The number of hydrogen-bond donors (Lipinski definition) is 2. The number of nitrogens with one attached hydrogen (secondary N) is 1. The molecule has 11 nitrogen and oxygen atoms in total. The van der Waals surface area contributed by atoms with E-state index in [1.807, 2.05) is 23.9 Å². The summed E-state index contributed by atoms with van der Waals surface area (Å²) in [6.45, 7) is 2.99. The molecule has 0 radical (unpaired) electrons. The predicted octanol–water partition coefficient (Wildman–Crippen LogP) is 1.98. The highest BCUT2D eigenvalue weighted by atomic mass is 32.2. The highest BCUT2D eigenvalue weighted by Gasteiger charge is 2.33. The number of fused-ring (bicyclic) bond motifs is 1. The van der Waals surface area contributed by atoms with Crippen LogP contribution in [0.2, 0.25) is 0 Å². The van der Waals surface area contributed by atoms with Crippen LogP contribution in [0.4, 0.5) is 5.69 Å². The molecule has 2 N–H and O–H groups in total. The average Bonchev–Trinajstić information content (AvgIpc) is 3.67. The number of aliphatic hydroxyl groups is 1. The molecular weight excluding hydrogens is 549 g/mol. The number of methoxy groups -OCH3 is 1. The van der Waals surface area contributed by atoms with Gasteiger partial charge in [0.15, 0.2) is 0 Å². The van der Waals surface area contributed by atoms with Gasteiger partial charge in [0.2, 0.25) is 5.16 Å². The minimum Gasteiger partial charge on any atom is -0.491 e. The normalized spacial score (nSPS) is 19.6. The number of rotatable bonds is 10. The molecule has 38 heavy (non-hydrogen) atoms. The standard InChI is InChI=1S/C24H32N6O5S3/c1-28-5-4-25-24(28)38(32,33)29(2)19-14-17(35-9-8-34-3)12-16-13-18(27-21(16)19)22-26-15-20(37-22)23(31)30-6-10-36-11-7-30/h4-5,12-14,20,23,27,31H,6-11,15H2,1-3H3. The Morgan fingerprint density at radius 2 is 2.05 bits per heavy atom. The van der Waals surface area contributed by atoms with E-state index in [9.17, 15) is 13.5 Å². The Kier molecular flexibility index (Phi) is 8.26. The van der Waals surface area contributed by atoms with E-state index in [2.05, 4.69) is 14.9 Å². The fourth-order valence-corrected chi connectivity index (χ4v) is 7.83. The fourth-order valence-electron chi connectivity index (χ4n) is 4.51. The smallest absolute Gasteiger partial charge is 0.298 e. The molecule has 1 aromatic carbocycles. The summed E-state index contributed by atoms with van der Waals surface area (Å²) < 4.78 is 40.6. The zero-order valence-electron chi connectivity index (χ0n) is 21.5. The third kappa shape index (κ3) is 5.42. The lowest BCUT2D eigenvalue weighted by molar-refractivity contribution is 0.0117. The van der Waals surface area contributed by atoms with Gasteiger partial charge < -0.3 is 24.1 Å². The third-order valence-corrected chi connectivity index (χ3v) is 10.6. The monoisotopic (exact) mass is 580 g/mol. The lowest BCUT2D eigenvalue weighted by Crippen LogP contribution is -2.46. The summed E-state index contributed by atoms with van der Waals surface area (Å²) in [6.07, 6.45) is 2.49. The number of aromatic amines is 1. The Morgan fingerprint density at radius 3 is 2.76 bits per heavy atom. The van der Waals surface area contributed by atoms with Gasteiger partial charge in [-0.15, -0.1) is 0 Å². The summed E-state index contributed by atoms with van der Waals surface area (Å²) in [5.41, 5.74) is 1.84. The van der Waals surface area contributed by atoms with E-state index in [4.69, 9.17) is 14.5 Å². The molecule has 2 aliphatic rings. The van der Waals surface area contributed by atoms with E-state index >= 15 is 0 Å². The van der Waals surface area contributed by atoms with Crippen molar-refractivity contribution in [3.8, 4) is 5.75 Å². The van der Waals surface area contributed by atoms with Crippen molar-refractivity contribution in [3.05, 3.63) is 36.3 Å². The summed E-state index contributed by atoms with van der Waals surface area (Å²) in [4.78, 5) is 14.3. The van der Waals surface area contributed by atoms with Crippen LogP contribution in [0.15, 0.2) is 40.7 Å². The second-order valence-electron chi connectivity index (χ2n) is 9.09. The number of hydrogen-bond acceptors (Lipinski definition) is 10. The van der Waals surface area contributed by atoms with Gasteiger partial charge in [0.1, 0.15) is 23.6 Å². The molecule has 2 unspecified atom stereocenters. The molecule has 2 aromatic heterocycles. The van der Waals surface area contributed by atoms with Crippen LogP contribution in [-0.2, 0) is 21.8 Å². The lowest BCUT2D eigenvalue weighted by atomic mass is 10.2. The van der Waals surface area contributed by atoms with Gasteiger partial charge in [-0.25, -0.2) is 4.98 Å². The Bertz CT molecular complexity index is 1420. The van der Waals surface area contributed by atoms with Gasteiger partial charge in [0, 0.05) is 69.6 Å². The molecule has 2 aliphatic heterocycles. The molecule has 0 amide bonds. The first-order valence-electron chi connectivity index (χ1n) is 12.3. The summed E-state index contributed by atoms with van der Waals surface area (Å²) in [5, 5.41) is 12.4. The van der Waals surface area contributed by atoms with E-state index in [1.165, 1.54) is 22.1 Å². The van der Waals surface area contributed by atoms with Crippen molar-refractivity contribution >= 4 is 55.2 Å². The first-order valence-corrected chi connectivity index (χ1v) is 15.7. The van der Waals surface area contributed by atoms with Crippen molar-refractivity contribution in [3.63, 3.8) is 0 Å². The van der Waals surface area contributed by atoms with Gasteiger partial charge in [-0.2, -0.15) is 20.2 Å². The molecule has 206 valence electrons. The average molecular weight is 581 g/mol.